The molecule has 4 aromatic rings. The van der Waals surface area contributed by atoms with Gasteiger partial charge in [-0.1, -0.05) is 54.6 Å². The number of ether oxygens (including phenoxy) is 2. The van der Waals surface area contributed by atoms with E-state index in [4.69, 9.17) is 9.47 Å². The summed E-state index contributed by atoms with van der Waals surface area (Å²) in [5.74, 6) is 1.57. The molecule has 0 saturated heterocycles. The Morgan fingerprint density at radius 1 is 0.973 bits per heavy atom. The van der Waals surface area contributed by atoms with Gasteiger partial charge in [-0.25, -0.2) is 0 Å². The summed E-state index contributed by atoms with van der Waals surface area (Å²) in [7, 11) is 3.25. The van der Waals surface area contributed by atoms with Crippen LogP contribution in [0.4, 0.5) is 0 Å². The van der Waals surface area contributed by atoms with Gasteiger partial charge in [-0.15, -0.1) is 0 Å². The number of carbonyl (C=O) groups excluding carboxylic acids is 2. The molecular weight excluding hydrogens is 462 g/mol. The molecule has 0 unspecified atom stereocenters. The molecule has 1 aromatic heterocycles. The number of aromatic nitrogens is 1. The summed E-state index contributed by atoms with van der Waals surface area (Å²) in [6, 6.07) is 21.6. The Bertz CT molecular complexity index is 1530. The molecular formula is C32H29NO4. The average molecular weight is 492 g/mol. The van der Waals surface area contributed by atoms with E-state index in [0.717, 1.165) is 33.3 Å². The van der Waals surface area contributed by atoms with E-state index in [1.807, 2.05) is 85.0 Å². The van der Waals surface area contributed by atoms with Crippen molar-refractivity contribution in [2.75, 3.05) is 14.2 Å². The molecule has 5 heteroatoms. The zero-order valence-corrected chi connectivity index (χ0v) is 21.0. The normalized spacial score (nSPS) is 13.0. The molecule has 0 radical (unpaired) electrons. The molecule has 5 nitrogen and oxygen atoms in total. The highest BCUT2D eigenvalue weighted by atomic mass is 16.5. The quantitative estimate of drug-likeness (QED) is 0.257. The van der Waals surface area contributed by atoms with Crippen LogP contribution in [0.25, 0.3) is 27.6 Å². The van der Waals surface area contributed by atoms with E-state index in [1.54, 1.807) is 14.2 Å². The van der Waals surface area contributed by atoms with E-state index in [-0.39, 0.29) is 11.6 Å². The average Bonchev–Trinajstić information content (AvgIpc) is 3.32. The molecule has 3 aromatic carbocycles. The highest BCUT2D eigenvalue weighted by Gasteiger charge is 2.22. The monoisotopic (exact) mass is 491 g/mol. The van der Waals surface area contributed by atoms with Crippen molar-refractivity contribution in [3.8, 4) is 22.6 Å². The molecule has 1 N–H and O–H groups in total. The van der Waals surface area contributed by atoms with Gasteiger partial charge in [-0.05, 0) is 54.3 Å². The maximum absolute atomic E-state index is 13.2. The second kappa shape index (κ2) is 10.7. The van der Waals surface area contributed by atoms with Crippen molar-refractivity contribution < 1.29 is 19.1 Å². The molecule has 0 atom stereocenters. The second-order valence-electron chi connectivity index (χ2n) is 9.07. The third-order valence-corrected chi connectivity index (χ3v) is 6.79. The van der Waals surface area contributed by atoms with Crippen LogP contribution >= 0.6 is 0 Å². The molecule has 0 bridgehead atoms. The van der Waals surface area contributed by atoms with Crippen LogP contribution in [-0.4, -0.2) is 30.8 Å². The van der Waals surface area contributed by atoms with E-state index in [9.17, 15) is 9.59 Å². The Labute approximate surface area is 216 Å². The predicted octanol–water partition coefficient (Wildman–Crippen LogP) is 6.97. The Morgan fingerprint density at radius 2 is 1.81 bits per heavy atom. The number of allylic oxidation sites excluding steroid dienone is 4. The summed E-state index contributed by atoms with van der Waals surface area (Å²) < 4.78 is 10.9. The van der Waals surface area contributed by atoms with Crippen LogP contribution in [0.3, 0.4) is 0 Å². The van der Waals surface area contributed by atoms with Gasteiger partial charge in [0.2, 0.25) is 0 Å². The number of hydrogen-bond acceptors (Lipinski definition) is 4. The third kappa shape index (κ3) is 4.85. The van der Waals surface area contributed by atoms with Crippen LogP contribution in [0.5, 0.6) is 11.5 Å². The minimum Gasteiger partial charge on any atom is -0.493 e. The van der Waals surface area contributed by atoms with Crippen molar-refractivity contribution in [3.05, 3.63) is 102 Å². The number of Topliss-reactive ketones (excluding diaryl/α,β-unsaturated/α-hetero) is 2. The first-order chi connectivity index (χ1) is 18.1. The number of rotatable bonds is 9. The predicted molar refractivity (Wildman–Crippen MR) is 147 cm³/mol. The van der Waals surface area contributed by atoms with Crippen LogP contribution in [0, 0.1) is 0 Å². The summed E-state index contributed by atoms with van der Waals surface area (Å²) >= 11 is 0. The number of carbonyl (C=O) groups is 2. The van der Waals surface area contributed by atoms with Crippen LogP contribution in [0.1, 0.15) is 40.9 Å². The van der Waals surface area contributed by atoms with Crippen molar-refractivity contribution in [3.63, 3.8) is 0 Å². The van der Waals surface area contributed by atoms with Gasteiger partial charge in [0.05, 0.1) is 19.9 Å². The van der Waals surface area contributed by atoms with Gasteiger partial charge in [-0.3, -0.25) is 9.59 Å². The number of methoxy groups -OCH3 is 2. The number of aryl methyl sites for hydroxylation is 1. The van der Waals surface area contributed by atoms with Gasteiger partial charge in [0, 0.05) is 40.4 Å². The van der Waals surface area contributed by atoms with Crippen molar-refractivity contribution in [1.82, 2.24) is 4.98 Å². The molecule has 0 saturated carbocycles. The molecule has 1 aliphatic carbocycles. The lowest BCUT2D eigenvalue weighted by Gasteiger charge is -2.12. The fraction of sp³-hybridized carbons (Fsp3) is 0.188. The van der Waals surface area contributed by atoms with E-state index in [1.165, 1.54) is 0 Å². The molecule has 0 fully saturated rings. The summed E-state index contributed by atoms with van der Waals surface area (Å²) in [5.41, 5.74) is 5.99. The van der Waals surface area contributed by atoms with Gasteiger partial charge in [-0.2, -0.15) is 0 Å². The first-order valence-corrected chi connectivity index (χ1v) is 12.4. The first kappa shape index (κ1) is 24.3. The van der Waals surface area contributed by atoms with Gasteiger partial charge < -0.3 is 14.5 Å². The first-order valence-electron chi connectivity index (χ1n) is 12.4. The number of benzene rings is 3. The molecule has 37 heavy (non-hydrogen) atoms. The largest absolute Gasteiger partial charge is 0.493 e. The summed E-state index contributed by atoms with van der Waals surface area (Å²) in [5, 5.41) is 0.935. The number of aromatic amines is 1. The number of fused-ring (bicyclic) bond motifs is 1. The Morgan fingerprint density at radius 3 is 2.57 bits per heavy atom. The number of nitrogens with one attached hydrogen (secondary N) is 1. The fourth-order valence-corrected chi connectivity index (χ4v) is 4.97. The maximum Gasteiger partial charge on any atom is 0.168 e. The third-order valence-electron chi connectivity index (χ3n) is 6.79. The van der Waals surface area contributed by atoms with Crippen molar-refractivity contribution in [1.29, 1.82) is 0 Å². The number of ketones is 2. The van der Waals surface area contributed by atoms with Gasteiger partial charge >= 0.3 is 0 Å². The van der Waals surface area contributed by atoms with Crippen LogP contribution in [0.2, 0.25) is 0 Å². The van der Waals surface area contributed by atoms with Crippen LogP contribution < -0.4 is 9.47 Å². The highest BCUT2D eigenvalue weighted by Crippen LogP contribution is 2.38. The lowest BCUT2D eigenvalue weighted by Crippen LogP contribution is -2.04. The minimum atomic E-state index is 0.0792. The molecule has 0 amide bonds. The minimum absolute atomic E-state index is 0.0792. The molecule has 1 heterocycles. The Hall–Kier alpha value is -4.38. The summed E-state index contributed by atoms with van der Waals surface area (Å²) in [6.07, 6.45) is 7.86. The zero-order valence-electron chi connectivity index (χ0n) is 21.0. The molecule has 0 spiro atoms. The Balaban J connectivity index is 1.45. The highest BCUT2D eigenvalue weighted by molar-refractivity contribution is 6.25. The van der Waals surface area contributed by atoms with E-state index in [2.05, 4.69) is 4.98 Å². The molecule has 1 aliphatic rings. The molecule has 186 valence electrons. The molecule has 5 rings (SSSR count). The summed E-state index contributed by atoms with van der Waals surface area (Å²) in [6.45, 7) is 0. The topological polar surface area (TPSA) is 68.4 Å². The van der Waals surface area contributed by atoms with E-state index < -0.39 is 0 Å². The summed E-state index contributed by atoms with van der Waals surface area (Å²) in [4.78, 5) is 29.4. The fourth-order valence-electron chi connectivity index (χ4n) is 4.97. The van der Waals surface area contributed by atoms with Crippen molar-refractivity contribution in [2.24, 2.45) is 0 Å². The molecule has 0 aliphatic heterocycles. The van der Waals surface area contributed by atoms with Crippen molar-refractivity contribution >= 4 is 28.0 Å². The number of para-hydroxylation sites is 1. The van der Waals surface area contributed by atoms with Gasteiger partial charge in [0.25, 0.3) is 0 Å². The lowest BCUT2D eigenvalue weighted by molar-refractivity contribution is -0.113. The van der Waals surface area contributed by atoms with Crippen molar-refractivity contribution in [2.45, 2.75) is 25.7 Å². The van der Waals surface area contributed by atoms with E-state index >= 15 is 0 Å². The zero-order chi connectivity index (χ0) is 25.8. The van der Waals surface area contributed by atoms with Crippen LogP contribution in [0.15, 0.2) is 85.0 Å². The standard InChI is InChI=1S/C32H29NO4/c1-36-29-17-9-13-22(32(29)37-2)12-8-16-27(34)23-18-19-26-25(20-23)30(21-10-4-3-5-11-21)31(33-26)24-14-6-7-15-28(24)35/h3-7,9-11,13-14,17-20,33H,8,12,15-16H2,1-2H3. The SMILES string of the molecule is COc1cccc(CCCC(=O)c2ccc3[nH]c(C4=CC=CCC4=O)c(-c4ccccc4)c3c2)c1OC. The second-order valence-corrected chi connectivity index (χ2v) is 9.07. The Kier molecular flexibility index (Phi) is 7.04. The smallest absolute Gasteiger partial charge is 0.168 e. The number of H-pyrrole nitrogens is 1. The number of hydrogen-bond donors (Lipinski definition) is 1. The maximum atomic E-state index is 13.2. The van der Waals surface area contributed by atoms with E-state index in [0.29, 0.717) is 48.3 Å². The van der Waals surface area contributed by atoms with Crippen LogP contribution in [-0.2, 0) is 11.2 Å². The lowest BCUT2D eigenvalue weighted by atomic mass is 9.93. The van der Waals surface area contributed by atoms with Gasteiger partial charge in [0.1, 0.15) is 0 Å². The van der Waals surface area contributed by atoms with Gasteiger partial charge in [0.15, 0.2) is 23.1 Å².